The predicted octanol–water partition coefficient (Wildman–Crippen LogP) is 3.35. The van der Waals surface area contributed by atoms with Gasteiger partial charge in [-0.3, -0.25) is 0 Å². The molecule has 3 heteroatoms. The zero-order valence-electron chi connectivity index (χ0n) is 12.9. The van der Waals surface area contributed by atoms with Crippen molar-refractivity contribution in [2.24, 2.45) is 0 Å². The molecule has 2 unspecified atom stereocenters. The molecular weight excluding hydrogens is 247 g/mol. The van der Waals surface area contributed by atoms with E-state index in [9.17, 15) is 0 Å². The molecule has 4 rings (SSSR count). The van der Waals surface area contributed by atoms with Gasteiger partial charge in [-0.15, -0.1) is 0 Å². The van der Waals surface area contributed by atoms with Crippen molar-refractivity contribution in [2.75, 3.05) is 0 Å². The molecule has 2 aliphatic carbocycles. The molecule has 2 bridgehead atoms. The van der Waals surface area contributed by atoms with Gasteiger partial charge in [-0.25, -0.2) is 0 Å². The summed E-state index contributed by atoms with van der Waals surface area (Å²) >= 11 is 0. The summed E-state index contributed by atoms with van der Waals surface area (Å²) in [6.07, 6.45) is 4.11. The maximum absolute atomic E-state index is 6.17. The van der Waals surface area contributed by atoms with Crippen LogP contribution >= 0.6 is 0 Å². The number of fused-ring (bicyclic) bond motifs is 5. The van der Waals surface area contributed by atoms with E-state index in [-0.39, 0.29) is 18.3 Å². The monoisotopic (exact) mass is 270 g/mol. The Morgan fingerprint density at radius 2 is 1.55 bits per heavy atom. The molecule has 0 spiro atoms. The van der Waals surface area contributed by atoms with Gasteiger partial charge in [0.25, 0.3) is 0 Å². The van der Waals surface area contributed by atoms with Crippen molar-refractivity contribution in [2.45, 2.75) is 70.0 Å². The summed E-state index contributed by atoms with van der Waals surface area (Å²) < 4.78 is 12.3. The highest BCUT2D eigenvalue weighted by atomic mass is 16.7. The van der Waals surface area contributed by atoms with Gasteiger partial charge in [0.15, 0.2) is 0 Å². The van der Waals surface area contributed by atoms with Crippen molar-refractivity contribution < 1.29 is 9.31 Å². The van der Waals surface area contributed by atoms with Crippen molar-refractivity contribution in [3.63, 3.8) is 0 Å². The average molecular weight is 270 g/mol. The molecule has 1 aromatic rings. The molecule has 2 fully saturated rings. The molecular formula is C17H23BO2. The second-order valence-corrected chi connectivity index (χ2v) is 7.68. The fourth-order valence-electron chi connectivity index (χ4n) is 3.99. The van der Waals surface area contributed by atoms with Crippen LogP contribution in [0.1, 0.15) is 69.9 Å². The largest absolute Gasteiger partial charge is 0.494 e. The van der Waals surface area contributed by atoms with E-state index < -0.39 is 0 Å². The van der Waals surface area contributed by atoms with Gasteiger partial charge in [0.2, 0.25) is 0 Å². The number of hydrogen-bond donors (Lipinski definition) is 0. The smallest absolute Gasteiger partial charge is 0.399 e. The number of benzene rings is 1. The normalized spacial score (nSPS) is 32.7. The summed E-state index contributed by atoms with van der Waals surface area (Å²) in [5.41, 5.74) is 3.83. The Hall–Kier alpha value is -0.795. The number of rotatable bonds is 1. The van der Waals surface area contributed by atoms with Crippen LogP contribution < -0.4 is 5.46 Å². The highest BCUT2D eigenvalue weighted by Gasteiger charge is 2.52. The van der Waals surface area contributed by atoms with Crippen LogP contribution in [-0.2, 0) is 9.31 Å². The van der Waals surface area contributed by atoms with Crippen LogP contribution in [0.4, 0.5) is 0 Å². The lowest BCUT2D eigenvalue weighted by Crippen LogP contribution is -2.41. The van der Waals surface area contributed by atoms with Gasteiger partial charge < -0.3 is 9.31 Å². The second kappa shape index (κ2) is 3.89. The van der Waals surface area contributed by atoms with E-state index in [1.54, 1.807) is 11.1 Å². The third-order valence-corrected chi connectivity index (χ3v) is 5.95. The SMILES string of the molecule is CC1(C)OB(c2ccc3c(c2)C2CCC3C2)OC1(C)C. The van der Waals surface area contributed by atoms with Gasteiger partial charge in [-0.1, -0.05) is 18.2 Å². The Morgan fingerprint density at radius 1 is 0.950 bits per heavy atom. The average Bonchev–Trinajstić information content (AvgIpc) is 3.02. The minimum atomic E-state index is -0.254. The fraction of sp³-hybridized carbons (Fsp3) is 0.647. The number of hydrogen-bond acceptors (Lipinski definition) is 2. The van der Waals surface area contributed by atoms with Gasteiger partial charge in [-0.2, -0.15) is 0 Å². The van der Waals surface area contributed by atoms with E-state index in [1.165, 1.54) is 24.7 Å². The fourth-order valence-corrected chi connectivity index (χ4v) is 3.99. The first-order valence-corrected chi connectivity index (χ1v) is 7.87. The van der Waals surface area contributed by atoms with E-state index in [2.05, 4.69) is 45.9 Å². The van der Waals surface area contributed by atoms with Crippen LogP contribution in [0.2, 0.25) is 0 Å². The summed E-state index contributed by atoms with van der Waals surface area (Å²) in [4.78, 5) is 0. The topological polar surface area (TPSA) is 18.5 Å². The van der Waals surface area contributed by atoms with Crippen LogP contribution in [0.3, 0.4) is 0 Å². The highest BCUT2D eigenvalue weighted by Crippen LogP contribution is 2.52. The van der Waals surface area contributed by atoms with Crippen molar-refractivity contribution in [3.8, 4) is 0 Å². The molecule has 1 aromatic carbocycles. The van der Waals surface area contributed by atoms with E-state index in [1.807, 2.05) is 0 Å². The molecule has 0 aromatic heterocycles. The molecule has 20 heavy (non-hydrogen) atoms. The summed E-state index contributed by atoms with van der Waals surface area (Å²) in [6.45, 7) is 8.45. The van der Waals surface area contributed by atoms with Crippen LogP contribution in [-0.4, -0.2) is 18.3 Å². The van der Waals surface area contributed by atoms with E-state index in [0.29, 0.717) is 0 Å². The summed E-state index contributed by atoms with van der Waals surface area (Å²) in [5, 5.41) is 0. The molecule has 3 aliphatic rings. The van der Waals surface area contributed by atoms with Gasteiger partial charge in [0, 0.05) is 0 Å². The molecule has 2 nitrogen and oxygen atoms in total. The molecule has 1 aliphatic heterocycles. The first-order valence-electron chi connectivity index (χ1n) is 7.87. The molecule has 0 radical (unpaired) electrons. The quantitative estimate of drug-likeness (QED) is 0.728. The Kier molecular flexibility index (Phi) is 2.51. The maximum atomic E-state index is 6.17. The molecule has 0 N–H and O–H groups in total. The summed E-state index contributed by atoms with van der Waals surface area (Å²) in [6, 6.07) is 6.88. The van der Waals surface area contributed by atoms with Gasteiger partial charge in [-0.05, 0) is 75.4 Å². The Morgan fingerprint density at radius 3 is 2.20 bits per heavy atom. The lowest BCUT2D eigenvalue weighted by Gasteiger charge is -2.32. The van der Waals surface area contributed by atoms with Crippen LogP contribution in [0, 0.1) is 0 Å². The van der Waals surface area contributed by atoms with E-state index in [0.717, 1.165) is 11.8 Å². The molecule has 106 valence electrons. The third kappa shape index (κ3) is 1.66. The molecule has 1 saturated carbocycles. The first-order chi connectivity index (χ1) is 9.37. The minimum absolute atomic E-state index is 0.218. The zero-order chi connectivity index (χ0) is 14.1. The maximum Gasteiger partial charge on any atom is 0.494 e. The minimum Gasteiger partial charge on any atom is -0.399 e. The van der Waals surface area contributed by atoms with Crippen molar-refractivity contribution in [1.82, 2.24) is 0 Å². The molecule has 0 amide bonds. The standard InChI is InChI=1S/C17H23BO2/c1-16(2)17(3,4)20-18(19-16)13-7-8-14-11-5-6-12(9-11)15(14)10-13/h7-8,10-12H,5-6,9H2,1-4H3. The van der Waals surface area contributed by atoms with Crippen LogP contribution in [0.25, 0.3) is 0 Å². The summed E-state index contributed by atoms with van der Waals surface area (Å²) in [5.74, 6) is 1.61. The van der Waals surface area contributed by atoms with Crippen LogP contribution in [0.15, 0.2) is 18.2 Å². The third-order valence-electron chi connectivity index (χ3n) is 5.95. The van der Waals surface area contributed by atoms with Crippen molar-refractivity contribution in [1.29, 1.82) is 0 Å². The van der Waals surface area contributed by atoms with Gasteiger partial charge in [0.05, 0.1) is 11.2 Å². The van der Waals surface area contributed by atoms with Crippen molar-refractivity contribution >= 4 is 12.6 Å². The highest BCUT2D eigenvalue weighted by molar-refractivity contribution is 6.62. The summed E-state index contributed by atoms with van der Waals surface area (Å²) in [7, 11) is -0.218. The van der Waals surface area contributed by atoms with E-state index >= 15 is 0 Å². The first kappa shape index (κ1) is 12.9. The van der Waals surface area contributed by atoms with E-state index in [4.69, 9.17) is 9.31 Å². The molecule has 1 saturated heterocycles. The second-order valence-electron chi connectivity index (χ2n) is 7.68. The van der Waals surface area contributed by atoms with Gasteiger partial charge >= 0.3 is 7.12 Å². The predicted molar refractivity (Wildman–Crippen MR) is 81.5 cm³/mol. The Bertz CT molecular complexity index is 548. The lowest BCUT2D eigenvalue weighted by molar-refractivity contribution is 0.00578. The zero-order valence-corrected chi connectivity index (χ0v) is 12.9. The molecule has 1 heterocycles. The Balaban J connectivity index is 1.67. The van der Waals surface area contributed by atoms with Gasteiger partial charge in [0.1, 0.15) is 0 Å². The van der Waals surface area contributed by atoms with Crippen LogP contribution in [0.5, 0.6) is 0 Å². The van der Waals surface area contributed by atoms with Crippen molar-refractivity contribution in [3.05, 3.63) is 29.3 Å². The lowest BCUT2D eigenvalue weighted by atomic mass is 9.76. The Labute approximate surface area is 122 Å². The molecule has 2 atom stereocenters.